The SMILES string of the molecule is Cc1cc(C)n(-c2ccc(C(=O)N3CCCCC3CN)cn2)n1. The van der Waals surface area contributed by atoms with E-state index < -0.39 is 0 Å². The van der Waals surface area contributed by atoms with E-state index in [9.17, 15) is 4.79 Å². The quantitative estimate of drug-likeness (QED) is 0.938. The average Bonchev–Trinajstić information content (AvgIpc) is 2.92. The van der Waals surface area contributed by atoms with Crippen molar-refractivity contribution in [3.63, 3.8) is 0 Å². The number of pyridine rings is 1. The molecule has 1 amide bonds. The summed E-state index contributed by atoms with van der Waals surface area (Å²) in [5, 5.41) is 4.41. The first kappa shape index (κ1) is 15.7. The normalized spacial score (nSPS) is 18.2. The smallest absolute Gasteiger partial charge is 0.255 e. The Morgan fingerprint density at radius 1 is 1.35 bits per heavy atom. The Hall–Kier alpha value is -2.21. The largest absolute Gasteiger partial charge is 0.334 e. The summed E-state index contributed by atoms with van der Waals surface area (Å²) in [4.78, 5) is 19.0. The first-order chi connectivity index (χ1) is 11.1. The highest BCUT2D eigenvalue weighted by atomic mass is 16.2. The molecular formula is C17H23N5O. The molecular weight excluding hydrogens is 290 g/mol. The fourth-order valence-corrected chi connectivity index (χ4v) is 3.18. The second kappa shape index (κ2) is 6.50. The maximum absolute atomic E-state index is 12.7. The van der Waals surface area contributed by atoms with Gasteiger partial charge in [0.2, 0.25) is 0 Å². The molecule has 0 spiro atoms. The van der Waals surface area contributed by atoms with E-state index in [0.29, 0.717) is 12.1 Å². The standard InChI is InChI=1S/C17H23N5O/c1-12-9-13(2)22(20-12)16-7-6-14(11-19-16)17(23)21-8-4-3-5-15(21)10-18/h6-7,9,11,15H,3-5,8,10,18H2,1-2H3. The number of carbonyl (C=O) groups is 1. The van der Waals surface area contributed by atoms with Gasteiger partial charge >= 0.3 is 0 Å². The molecule has 0 aromatic carbocycles. The number of aromatic nitrogens is 3. The van der Waals surface area contributed by atoms with Crippen molar-refractivity contribution in [3.8, 4) is 5.82 Å². The third-order valence-electron chi connectivity index (χ3n) is 4.38. The lowest BCUT2D eigenvalue weighted by Gasteiger charge is -2.35. The fourth-order valence-electron chi connectivity index (χ4n) is 3.18. The van der Waals surface area contributed by atoms with Crippen LogP contribution in [0, 0.1) is 13.8 Å². The summed E-state index contributed by atoms with van der Waals surface area (Å²) >= 11 is 0. The Kier molecular flexibility index (Phi) is 4.43. The summed E-state index contributed by atoms with van der Waals surface area (Å²) < 4.78 is 1.78. The number of nitrogens with two attached hydrogens (primary N) is 1. The molecule has 1 atom stereocenters. The van der Waals surface area contributed by atoms with Crippen LogP contribution in [0.15, 0.2) is 24.4 Å². The number of aryl methyl sites for hydroxylation is 2. The van der Waals surface area contributed by atoms with Crippen molar-refractivity contribution in [2.75, 3.05) is 13.1 Å². The number of carbonyl (C=O) groups excluding carboxylic acids is 1. The van der Waals surface area contributed by atoms with Crippen LogP contribution in [-0.2, 0) is 0 Å². The molecule has 0 aliphatic carbocycles. The molecule has 2 aromatic heterocycles. The summed E-state index contributed by atoms with van der Waals surface area (Å²) in [5.74, 6) is 0.744. The van der Waals surface area contributed by atoms with Crippen LogP contribution in [0.3, 0.4) is 0 Å². The van der Waals surface area contributed by atoms with Gasteiger partial charge in [0.25, 0.3) is 5.91 Å². The zero-order valence-electron chi connectivity index (χ0n) is 13.7. The Balaban J connectivity index is 1.81. The second-order valence-electron chi connectivity index (χ2n) is 6.13. The molecule has 1 saturated heterocycles. The molecule has 1 fully saturated rings. The number of amides is 1. The predicted molar refractivity (Wildman–Crippen MR) is 88.6 cm³/mol. The van der Waals surface area contributed by atoms with Gasteiger partial charge in [-0.05, 0) is 51.3 Å². The molecule has 2 N–H and O–H groups in total. The highest BCUT2D eigenvalue weighted by Crippen LogP contribution is 2.19. The van der Waals surface area contributed by atoms with E-state index >= 15 is 0 Å². The molecule has 0 saturated carbocycles. The minimum absolute atomic E-state index is 0.0209. The summed E-state index contributed by atoms with van der Waals surface area (Å²) in [6.45, 7) is 5.23. The van der Waals surface area contributed by atoms with Gasteiger partial charge in [-0.1, -0.05) is 0 Å². The van der Waals surface area contributed by atoms with E-state index in [2.05, 4.69) is 10.1 Å². The van der Waals surface area contributed by atoms with Crippen LogP contribution in [0.1, 0.15) is 41.0 Å². The van der Waals surface area contributed by atoms with Gasteiger partial charge in [-0.3, -0.25) is 4.79 Å². The molecule has 3 rings (SSSR count). The van der Waals surface area contributed by atoms with Crippen LogP contribution in [0.2, 0.25) is 0 Å². The number of hydrogen-bond acceptors (Lipinski definition) is 4. The average molecular weight is 313 g/mol. The van der Waals surface area contributed by atoms with Crippen LogP contribution < -0.4 is 5.73 Å². The molecule has 1 aliphatic heterocycles. The number of rotatable bonds is 3. The van der Waals surface area contributed by atoms with Gasteiger partial charge in [0, 0.05) is 31.0 Å². The summed E-state index contributed by atoms with van der Waals surface area (Å²) in [7, 11) is 0. The predicted octanol–water partition coefficient (Wildman–Crippen LogP) is 1.84. The zero-order chi connectivity index (χ0) is 16.4. The van der Waals surface area contributed by atoms with Gasteiger partial charge in [0.1, 0.15) is 0 Å². The molecule has 23 heavy (non-hydrogen) atoms. The first-order valence-corrected chi connectivity index (χ1v) is 8.11. The lowest BCUT2D eigenvalue weighted by molar-refractivity contribution is 0.0623. The van der Waals surface area contributed by atoms with Gasteiger partial charge in [-0.2, -0.15) is 5.10 Å². The van der Waals surface area contributed by atoms with Crippen LogP contribution >= 0.6 is 0 Å². The number of likely N-dealkylation sites (tertiary alicyclic amines) is 1. The Bertz CT molecular complexity index is 692. The van der Waals surface area contributed by atoms with Crippen LogP contribution in [0.5, 0.6) is 0 Å². The fraction of sp³-hybridized carbons (Fsp3) is 0.471. The molecule has 122 valence electrons. The van der Waals surface area contributed by atoms with Crippen molar-refractivity contribution in [3.05, 3.63) is 41.3 Å². The van der Waals surface area contributed by atoms with Crippen molar-refractivity contribution in [2.45, 2.75) is 39.2 Å². The van der Waals surface area contributed by atoms with Crippen molar-refractivity contribution in [1.29, 1.82) is 0 Å². The van der Waals surface area contributed by atoms with E-state index in [-0.39, 0.29) is 11.9 Å². The van der Waals surface area contributed by atoms with Crippen LogP contribution in [0.25, 0.3) is 5.82 Å². The third-order valence-corrected chi connectivity index (χ3v) is 4.38. The first-order valence-electron chi connectivity index (χ1n) is 8.11. The van der Waals surface area contributed by atoms with E-state index in [4.69, 9.17) is 5.73 Å². The molecule has 2 aromatic rings. The molecule has 0 bridgehead atoms. The Morgan fingerprint density at radius 3 is 2.78 bits per heavy atom. The molecule has 6 heteroatoms. The van der Waals surface area contributed by atoms with Gasteiger partial charge in [0.05, 0.1) is 11.3 Å². The summed E-state index contributed by atoms with van der Waals surface area (Å²) in [6, 6.07) is 5.81. The van der Waals surface area contributed by atoms with Crippen molar-refractivity contribution < 1.29 is 4.79 Å². The highest BCUT2D eigenvalue weighted by molar-refractivity contribution is 5.94. The summed E-state index contributed by atoms with van der Waals surface area (Å²) in [6.07, 6.45) is 4.80. The highest BCUT2D eigenvalue weighted by Gasteiger charge is 2.26. The minimum Gasteiger partial charge on any atom is -0.334 e. The lowest BCUT2D eigenvalue weighted by Crippen LogP contribution is -2.47. The topological polar surface area (TPSA) is 77.0 Å². The van der Waals surface area contributed by atoms with Gasteiger partial charge < -0.3 is 10.6 Å². The van der Waals surface area contributed by atoms with E-state index in [0.717, 1.165) is 43.0 Å². The van der Waals surface area contributed by atoms with Crippen molar-refractivity contribution in [1.82, 2.24) is 19.7 Å². The van der Waals surface area contributed by atoms with Crippen LogP contribution in [0.4, 0.5) is 0 Å². The summed E-state index contributed by atoms with van der Waals surface area (Å²) in [5.41, 5.74) is 8.38. The second-order valence-corrected chi connectivity index (χ2v) is 6.13. The Labute approximate surface area is 136 Å². The van der Waals surface area contributed by atoms with Gasteiger partial charge in [-0.25, -0.2) is 9.67 Å². The van der Waals surface area contributed by atoms with E-state index in [1.54, 1.807) is 10.9 Å². The van der Waals surface area contributed by atoms with Crippen LogP contribution in [-0.4, -0.2) is 44.7 Å². The number of hydrogen-bond donors (Lipinski definition) is 1. The minimum atomic E-state index is 0.0209. The lowest BCUT2D eigenvalue weighted by atomic mass is 10.0. The molecule has 0 radical (unpaired) electrons. The molecule has 3 heterocycles. The molecule has 1 unspecified atom stereocenters. The van der Waals surface area contributed by atoms with Crippen molar-refractivity contribution in [2.24, 2.45) is 5.73 Å². The molecule has 1 aliphatic rings. The maximum atomic E-state index is 12.7. The van der Waals surface area contributed by atoms with Crippen molar-refractivity contribution >= 4 is 5.91 Å². The zero-order valence-corrected chi connectivity index (χ0v) is 13.7. The Morgan fingerprint density at radius 2 is 2.17 bits per heavy atom. The number of nitrogens with zero attached hydrogens (tertiary/aromatic N) is 4. The van der Waals surface area contributed by atoms with Gasteiger partial charge in [0.15, 0.2) is 5.82 Å². The monoisotopic (exact) mass is 313 g/mol. The molecule has 6 nitrogen and oxygen atoms in total. The van der Waals surface area contributed by atoms with E-state index in [1.165, 1.54) is 0 Å². The third kappa shape index (κ3) is 3.12. The maximum Gasteiger partial charge on any atom is 0.255 e. The number of piperidine rings is 1. The van der Waals surface area contributed by atoms with Gasteiger partial charge in [-0.15, -0.1) is 0 Å². The van der Waals surface area contributed by atoms with E-state index in [1.807, 2.05) is 36.9 Å².